The number of rotatable bonds is 4. The second-order valence-electron chi connectivity index (χ2n) is 3.34. The number of aromatic nitrogens is 1. The highest BCUT2D eigenvalue weighted by atomic mass is 32.1. The Morgan fingerprint density at radius 3 is 3.00 bits per heavy atom. The maximum Gasteiger partial charge on any atom is 0.254 e. The van der Waals surface area contributed by atoms with Crippen LogP contribution in [0.3, 0.4) is 0 Å². The average Bonchev–Trinajstić information content (AvgIpc) is 2.89. The van der Waals surface area contributed by atoms with E-state index in [0.717, 1.165) is 5.69 Å². The Bertz CT molecular complexity index is 497. The molecule has 1 aromatic carbocycles. The van der Waals surface area contributed by atoms with Crippen molar-refractivity contribution in [2.24, 2.45) is 0 Å². The Morgan fingerprint density at radius 1 is 1.47 bits per heavy atom. The van der Waals surface area contributed by atoms with Gasteiger partial charge in [0.2, 0.25) is 0 Å². The van der Waals surface area contributed by atoms with Gasteiger partial charge in [0.15, 0.2) is 0 Å². The molecule has 1 amide bonds. The zero-order valence-corrected chi connectivity index (χ0v) is 10.2. The van der Waals surface area contributed by atoms with E-state index in [0.29, 0.717) is 17.9 Å². The van der Waals surface area contributed by atoms with Crippen molar-refractivity contribution in [2.75, 3.05) is 7.05 Å². The highest BCUT2D eigenvalue weighted by Crippen LogP contribution is 2.19. The lowest BCUT2D eigenvalue weighted by molar-refractivity contribution is 0.0958. The topological polar surface area (TPSA) is 51.2 Å². The molecule has 0 saturated carbocycles. The minimum absolute atomic E-state index is 0.154. The minimum Gasteiger partial charge on any atom is -0.486 e. The third-order valence-corrected chi connectivity index (χ3v) is 2.85. The van der Waals surface area contributed by atoms with E-state index in [9.17, 15) is 4.79 Å². The summed E-state index contributed by atoms with van der Waals surface area (Å²) in [5.41, 5.74) is 3.15. The number of nitrogens with zero attached hydrogens (tertiary/aromatic N) is 1. The van der Waals surface area contributed by atoms with Crippen molar-refractivity contribution >= 4 is 17.2 Å². The van der Waals surface area contributed by atoms with Gasteiger partial charge >= 0.3 is 0 Å². The van der Waals surface area contributed by atoms with Gasteiger partial charge in [-0.05, 0) is 12.1 Å². The molecule has 1 aromatic heterocycles. The minimum atomic E-state index is -0.154. The van der Waals surface area contributed by atoms with E-state index >= 15 is 0 Å². The van der Waals surface area contributed by atoms with Crippen molar-refractivity contribution in [3.05, 3.63) is 46.4 Å². The largest absolute Gasteiger partial charge is 0.486 e. The SMILES string of the molecule is CNC(=O)c1ccccc1OCc1cscn1. The highest BCUT2D eigenvalue weighted by molar-refractivity contribution is 7.07. The van der Waals surface area contributed by atoms with E-state index in [-0.39, 0.29) is 5.91 Å². The molecular weight excluding hydrogens is 236 g/mol. The van der Waals surface area contributed by atoms with E-state index in [1.165, 1.54) is 11.3 Å². The number of carbonyl (C=O) groups is 1. The van der Waals surface area contributed by atoms with E-state index in [1.54, 1.807) is 30.8 Å². The Balaban J connectivity index is 2.12. The predicted octanol–water partition coefficient (Wildman–Crippen LogP) is 2.08. The van der Waals surface area contributed by atoms with Crippen LogP contribution in [0.4, 0.5) is 0 Å². The second-order valence-corrected chi connectivity index (χ2v) is 4.06. The molecule has 0 aliphatic rings. The number of ether oxygens (including phenoxy) is 1. The Labute approximate surface area is 103 Å². The molecule has 2 aromatic rings. The van der Waals surface area contributed by atoms with E-state index in [1.807, 2.05) is 11.4 Å². The van der Waals surface area contributed by atoms with Crippen LogP contribution in [-0.2, 0) is 6.61 Å². The van der Waals surface area contributed by atoms with Crippen LogP contribution in [0.25, 0.3) is 0 Å². The van der Waals surface area contributed by atoms with Gasteiger partial charge in [0.25, 0.3) is 5.91 Å². The molecule has 0 saturated heterocycles. The summed E-state index contributed by atoms with van der Waals surface area (Å²) < 4.78 is 5.59. The summed E-state index contributed by atoms with van der Waals surface area (Å²) in [6.45, 7) is 0.373. The quantitative estimate of drug-likeness (QED) is 0.901. The lowest BCUT2D eigenvalue weighted by atomic mass is 10.2. The number of hydrogen-bond acceptors (Lipinski definition) is 4. The first-order chi connectivity index (χ1) is 8.31. The van der Waals surface area contributed by atoms with Crippen LogP contribution in [0, 0.1) is 0 Å². The number of amides is 1. The van der Waals surface area contributed by atoms with Crippen LogP contribution in [0.5, 0.6) is 5.75 Å². The molecule has 0 unspecified atom stereocenters. The maximum atomic E-state index is 11.6. The molecule has 0 fully saturated rings. The van der Waals surface area contributed by atoms with Gasteiger partial charge in [-0.2, -0.15) is 0 Å². The summed E-state index contributed by atoms with van der Waals surface area (Å²) in [7, 11) is 1.60. The van der Waals surface area contributed by atoms with Crippen LogP contribution in [0.15, 0.2) is 35.2 Å². The standard InChI is InChI=1S/C12H12N2O2S/c1-13-12(15)10-4-2-3-5-11(10)16-6-9-7-17-8-14-9/h2-5,7-8H,6H2,1H3,(H,13,15). The van der Waals surface area contributed by atoms with E-state index in [4.69, 9.17) is 4.74 Å². The fourth-order valence-corrected chi connectivity index (χ4v) is 1.92. The third kappa shape index (κ3) is 2.82. The normalized spacial score (nSPS) is 9.94. The van der Waals surface area contributed by atoms with Gasteiger partial charge in [-0.1, -0.05) is 12.1 Å². The van der Waals surface area contributed by atoms with Crippen LogP contribution in [0.2, 0.25) is 0 Å². The molecule has 0 atom stereocenters. The van der Waals surface area contributed by atoms with Crippen LogP contribution in [0.1, 0.15) is 16.1 Å². The summed E-state index contributed by atoms with van der Waals surface area (Å²) in [4.78, 5) is 15.7. The Kier molecular flexibility index (Phi) is 3.72. The number of carbonyl (C=O) groups excluding carboxylic acids is 1. The summed E-state index contributed by atoms with van der Waals surface area (Å²) in [6.07, 6.45) is 0. The Morgan fingerprint density at radius 2 is 2.29 bits per heavy atom. The number of thiazole rings is 1. The number of nitrogens with one attached hydrogen (secondary N) is 1. The molecule has 0 spiro atoms. The first-order valence-electron chi connectivity index (χ1n) is 5.12. The zero-order chi connectivity index (χ0) is 12.1. The molecule has 4 nitrogen and oxygen atoms in total. The van der Waals surface area contributed by atoms with Gasteiger partial charge in [-0.3, -0.25) is 4.79 Å². The molecule has 0 bridgehead atoms. The third-order valence-electron chi connectivity index (χ3n) is 2.22. The fraction of sp³-hybridized carbons (Fsp3) is 0.167. The van der Waals surface area contributed by atoms with E-state index in [2.05, 4.69) is 10.3 Å². The molecule has 17 heavy (non-hydrogen) atoms. The molecule has 0 aliphatic heterocycles. The molecule has 2 rings (SSSR count). The number of para-hydroxylation sites is 1. The van der Waals surface area contributed by atoms with Gasteiger partial charge in [-0.15, -0.1) is 11.3 Å². The monoisotopic (exact) mass is 248 g/mol. The second kappa shape index (κ2) is 5.45. The lowest BCUT2D eigenvalue weighted by Crippen LogP contribution is -2.18. The van der Waals surface area contributed by atoms with Crippen molar-refractivity contribution in [1.82, 2.24) is 10.3 Å². The average molecular weight is 248 g/mol. The van der Waals surface area contributed by atoms with Crippen molar-refractivity contribution < 1.29 is 9.53 Å². The van der Waals surface area contributed by atoms with Gasteiger partial charge in [0.05, 0.1) is 16.8 Å². The first-order valence-corrected chi connectivity index (χ1v) is 6.06. The maximum absolute atomic E-state index is 11.6. The van der Waals surface area contributed by atoms with Gasteiger partial charge in [0, 0.05) is 12.4 Å². The van der Waals surface area contributed by atoms with Crippen LogP contribution < -0.4 is 10.1 Å². The van der Waals surface area contributed by atoms with Crippen molar-refractivity contribution in [3.8, 4) is 5.75 Å². The van der Waals surface area contributed by atoms with Crippen molar-refractivity contribution in [3.63, 3.8) is 0 Å². The molecule has 1 heterocycles. The first kappa shape index (κ1) is 11.6. The molecule has 88 valence electrons. The Hall–Kier alpha value is -1.88. The van der Waals surface area contributed by atoms with Gasteiger partial charge in [0.1, 0.15) is 12.4 Å². The smallest absolute Gasteiger partial charge is 0.254 e. The van der Waals surface area contributed by atoms with Crippen LogP contribution in [-0.4, -0.2) is 17.9 Å². The summed E-state index contributed by atoms with van der Waals surface area (Å²) in [5.74, 6) is 0.415. The summed E-state index contributed by atoms with van der Waals surface area (Å²) in [6, 6.07) is 7.15. The molecule has 0 radical (unpaired) electrons. The van der Waals surface area contributed by atoms with E-state index < -0.39 is 0 Å². The van der Waals surface area contributed by atoms with Gasteiger partial charge in [-0.25, -0.2) is 4.98 Å². The number of benzene rings is 1. The molecular formula is C12H12N2O2S. The predicted molar refractivity (Wildman–Crippen MR) is 66.3 cm³/mol. The summed E-state index contributed by atoms with van der Waals surface area (Å²) >= 11 is 1.52. The molecule has 5 heteroatoms. The van der Waals surface area contributed by atoms with Crippen molar-refractivity contribution in [1.29, 1.82) is 0 Å². The fourth-order valence-electron chi connectivity index (χ4n) is 1.38. The summed E-state index contributed by atoms with van der Waals surface area (Å²) in [5, 5.41) is 4.50. The molecule has 0 aliphatic carbocycles. The van der Waals surface area contributed by atoms with Crippen molar-refractivity contribution in [2.45, 2.75) is 6.61 Å². The zero-order valence-electron chi connectivity index (χ0n) is 9.34. The molecule has 1 N–H and O–H groups in total. The van der Waals surface area contributed by atoms with Gasteiger partial charge < -0.3 is 10.1 Å². The number of hydrogen-bond donors (Lipinski definition) is 1. The highest BCUT2D eigenvalue weighted by Gasteiger charge is 2.10. The lowest BCUT2D eigenvalue weighted by Gasteiger charge is -2.09. The van der Waals surface area contributed by atoms with Crippen LogP contribution >= 0.6 is 11.3 Å².